The predicted octanol–water partition coefficient (Wildman–Crippen LogP) is 5.58. The number of nitrogens with two attached hydrogens (primary N) is 1. The Bertz CT molecular complexity index is 1110. The SMILES string of the molecule is CN(CCCCN)c1ccncc1NC(=O)c1ccc(F)c(-c2c(F)cccc2F)c1F.Cl.Cl. The molecule has 5 nitrogen and oxygen atoms in total. The van der Waals surface area contributed by atoms with E-state index in [0.29, 0.717) is 24.5 Å². The van der Waals surface area contributed by atoms with Gasteiger partial charge in [0.25, 0.3) is 5.91 Å². The second-order valence-electron chi connectivity index (χ2n) is 7.14. The molecule has 1 aromatic heterocycles. The van der Waals surface area contributed by atoms with Crippen LogP contribution in [-0.2, 0) is 0 Å². The molecule has 0 spiro atoms. The van der Waals surface area contributed by atoms with Gasteiger partial charge < -0.3 is 16.0 Å². The number of aromatic nitrogens is 1. The average Bonchev–Trinajstić information content (AvgIpc) is 2.76. The van der Waals surface area contributed by atoms with Gasteiger partial charge in [0.1, 0.15) is 23.3 Å². The molecule has 0 unspecified atom stereocenters. The maximum absolute atomic E-state index is 15.1. The summed E-state index contributed by atoms with van der Waals surface area (Å²) in [5, 5.41) is 2.55. The Morgan fingerprint density at radius 1 is 0.971 bits per heavy atom. The summed E-state index contributed by atoms with van der Waals surface area (Å²) in [5.74, 6) is -5.76. The molecule has 0 bridgehead atoms. The number of anilines is 2. The molecule has 0 saturated carbocycles. The highest BCUT2D eigenvalue weighted by Crippen LogP contribution is 2.33. The third kappa shape index (κ3) is 6.37. The number of carbonyl (C=O) groups is 1. The molecule has 0 aliphatic heterocycles. The smallest absolute Gasteiger partial charge is 0.258 e. The van der Waals surface area contributed by atoms with Crippen molar-refractivity contribution < 1.29 is 22.4 Å². The molecule has 0 aliphatic rings. The van der Waals surface area contributed by atoms with Gasteiger partial charge in [0.05, 0.1) is 34.3 Å². The maximum Gasteiger partial charge on any atom is 0.258 e. The van der Waals surface area contributed by atoms with Crippen LogP contribution >= 0.6 is 24.8 Å². The van der Waals surface area contributed by atoms with Crippen LogP contribution in [0.3, 0.4) is 0 Å². The molecular formula is C23H24Cl2F4N4O. The van der Waals surface area contributed by atoms with E-state index in [1.807, 2.05) is 11.9 Å². The highest BCUT2D eigenvalue weighted by Gasteiger charge is 2.25. The second-order valence-corrected chi connectivity index (χ2v) is 7.14. The lowest BCUT2D eigenvalue weighted by molar-refractivity contribution is 0.102. The first-order chi connectivity index (χ1) is 15.3. The van der Waals surface area contributed by atoms with Crippen molar-refractivity contribution in [2.24, 2.45) is 5.73 Å². The van der Waals surface area contributed by atoms with Gasteiger partial charge in [-0.3, -0.25) is 9.78 Å². The summed E-state index contributed by atoms with van der Waals surface area (Å²) in [6, 6.07) is 6.23. The largest absolute Gasteiger partial charge is 0.373 e. The summed E-state index contributed by atoms with van der Waals surface area (Å²) in [5.41, 5.74) is 4.06. The topological polar surface area (TPSA) is 71.2 Å². The fraction of sp³-hybridized carbons (Fsp3) is 0.217. The van der Waals surface area contributed by atoms with Crippen molar-refractivity contribution >= 4 is 42.1 Å². The average molecular weight is 519 g/mol. The van der Waals surface area contributed by atoms with Gasteiger partial charge in [-0.15, -0.1) is 24.8 Å². The van der Waals surface area contributed by atoms with Crippen molar-refractivity contribution in [1.82, 2.24) is 4.98 Å². The van der Waals surface area contributed by atoms with Gasteiger partial charge in [-0.05, 0) is 49.7 Å². The summed E-state index contributed by atoms with van der Waals surface area (Å²) in [7, 11) is 1.82. The zero-order chi connectivity index (χ0) is 23.3. The summed E-state index contributed by atoms with van der Waals surface area (Å²) in [4.78, 5) is 18.7. The first kappa shape index (κ1) is 29.2. The van der Waals surface area contributed by atoms with E-state index in [9.17, 15) is 18.0 Å². The van der Waals surface area contributed by atoms with Gasteiger partial charge in [0, 0.05) is 19.8 Å². The summed E-state index contributed by atoms with van der Waals surface area (Å²) in [6.45, 7) is 1.22. The van der Waals surface area contributed by atoms with E-state index in [2.05, 4.69) is 10.3 Å². The third-order valence-corrected chi connectivity index (χ3v) is 4.95. The van der Waals surface area contributed by atoms with Crippen molar-refractivity contribution in [3.05, 3.63) is 77.6 Å². The Balaban J connectivity index is 0.00000289. The zero-order valence-electron chi connectivity index (χ0n) is 18.2. The van der Waals surface area contributed by atoms with Crippen LogP contribution in [0.4, 0.5) is 28.9 Å². The molecule has 3 aromatic rings. The Labute approximate surface area is 207 Å². The molecule has 0 aliphatic carbocycles. The Morgan fingerprint density at radius 3 is 2.26 bits per heavy atom. The normalized spacial score (nSPS) is 10.2. The van der Waals surface area contributed by atoms with Crippen LogP contribution < -0.4 is 16.0 Å². The van der Waals surface area contributed by atoms with Crippen LogP contribution in [0.15, 0.2) is 48.8 Å². The molecule has 34 heavy (non-hydrogen) atoms. The molecule has 0 saturated heterocycles. The van der Waals surface area contributed by atoms with Crippen LogP contribution in [0.1, 0.15) is 23.2 Å². The number of benzene rings is 2. The summed E-state index contributed by atoms with van der Waals surface area (Å²) < 4.78 is 57.8. The van der Waals surface area contributed by atoms with Crippen LogP contribution in [0.25, 0.3) is 11.1 Å². The molecule has 2 aromatic carbocycles. The van der Waals surface area contributed by atoms with Gasteiger partial charge in [-0.25, -0.2) is 17.6 Å². The lowest BCUT2D eigenvalue weighted by Gasteiger charge is -2.22. The highest BCUT2D eigenvalue weighted by atomic mass is 35.5. The van der Waals surface area contributed by atoms with Crippen molar-refractivity contribution in [3.8, 4) is 11.1 Å². The molecule has 11 heteroatoms. The van der Waals surface area contributed by atoms with E-state index in [4.69, 9.17) is 5.73 Å². The number of hydrogen-bond acceptors (Lipinski definition) is 4. The Morgan fingerprint density at radius 2 is 1.62 bits per heavy atom. The van der Waals surface area contributed by atoms with Crippen LogP contribution in [0, 0.1) is 23.3 Å². The van der Waals surface area contributed by atoms with Gasteiger partial charge in [-0.2, -0.15) is 0 Å². The molecule has 1 amide bonds. The highest BCUT2D eigenvalue weighted by molar-refractivity contribution is 6.06. The summed E-state index contributed by atoms with van der Waals surface area (Å²) in [6.07, 6.45) is 4.59. The van der Waals surface area contributed by atoms with Crippen molar-refractivity contribution in [1.29, 1.82) is 0 Å². The van der Waals surface area contributed by atoms with Crippen LogP contribution in [0.5, 0.6) is 0 Å². The lowest BCUT2D eigenvalue weighted by Crippen LogP contribution is -2.22. The number of pyridine rings is 1. The predicted molar refractivity (Wildman–Crippen MR) is 130 cm³/mol. The van der Waals surface area contributed by atoms with E-state index >= 15 is 4.39 Å². The van der Waals surface area contributed by atoms with Crippen molar-refractivity contribution in [3.63, 3.8) is 0 Å². The van der Waals surface area contributed by atoms with E-state index < -0.39 is 45.9 Å². The van der Waals surface area contributed by atoms with E-state index in [1.54, 1.807) is 12.3 Å². The molecule has 0 atom stereocenters. The fourth-order valence-corrected chi connectivity index (χ4v) is 3.31. The van der Waals surface area contributed by atoms with Gasteiger partial charge in [-0.1, -0.05) is 6.07 Å². The monoisotopic (exact) mass is 518 g/mol. The Hall–Kier alpha value is -2.88. The number of unbranched alkanes of at least 4 members (excludes halogenated alkanes) is 1. The molecular weight excluding hydrogens is 495 g/mol. The molecule has 0 radical (unpaired) electrons. The minimum atomic E-state index is -1.37. The van der Waals surface area contributed by atoms with Gasteiger partial charge >= 0.3 is 0 Å². The van der Waals surface area contributed by atoms with Crippen molar-refractivity contribution in [2.45, 2.75) is 12.8 Å². The number of rotatable bonds is 8. The van der Waals surface area contributed by atoms with E-state index in [0.717, 1.165) is 43.2 Å². The maximum atomic E-state index is 15.1. The minimum Gasteiger partial charge on any atom is -0.373 e. The molecule has 184 valence electrons. The second kappa shape index (κ2) is 13.1. The molecule has 3 N–H and O–H groups in total. The van der Waals surface area contributed by atoms with Gasteiger partial charge in [0.2, 0.25) is 0 Å². The molecule has 0 fully saturated rings. The third-order valence-electron chi connectivity index (χ3n) is 4.95. The van der Waals surface area contributed by atoms with Crippen molar-refractivity contribution in [2.75, 3.05) is 30.4 Å². The first-order valence-electron chi connectivity index (χ1n) is 9.94. The lowest BCUT2D eigenvalue weighted by atomic mass is 9.99. The van der Waals surface area contributed by atoms with Crippen LogP contribution in [0.2, 0.25) is 0 Å². The first-order valence-corrected chi connectivity index (χ1v) is 9.94. The number of nitrogens with zero attached hydrogens (tertiary/aromatic N) is 2. The molecule has 1 heterocycles. The Kier molecular flexibility index (Phi) is 11.3. The minimum absolute atomic E-state index is 0. The quantitative estimate of drug-likeness (QED) is 0.301. The number of nitrogens with one attached hydrogen (secondary N) is 1. The zero-order valence-corrected chi connectivity index (χ0v) is 19.8. The number of carbonyl (C=O) groups excluding carboxylic acids is 1. The molecule has 3 rings (SSSR count). The van der Waals surface area contributed by atoms with E-state index in [1.165, 1.54) is 6.20 Å². The van der Waals surface area contributed by atoms with Crippen LogP contribution in [-0.4, -0.2) is 31.0 Å². The van der Waals surface area contributed by atoms with E-state index in [-0.39, 0.29) is 24.8 Å². The standard InChI is InChI=1S/C23H22F4N4O.2ClH/c1-31(12-3-2-10-28)19-9-11-29-13-18(19)30-23(32)14-7-8-17(26)21(22(14)27)20-15(24)5-4-6-16(20)25;;/h4-9,11,13H,2-3,10,12,28H2,1H3,(H,30,32);2*1H. The fourth-order valence-electron chi connectivity index (χ4n) is 3.31. The number of amides is 1. The number of halogens is 6. The number of hydrogen-bond donors (Lipinski definition) is 2. The van der Waals surface area contributed by atoms with Gasteiger partial charge in [0.15, 0.2) is 0 Å². The summed E-state index contributed by atoms with van der Waals surface area (Å²) >= 11 is 0.